The van der Waals surface area contributed by atoms with Gasteiger partial charge in [0.25, 0.3) is 0 Å². The Morgan fingerprint density at radius 2 is 1.77 bits per heavy atom. The number of carbonyl (C=O) groups is 1. The summed E-state index contributed by atoms with van der Waals surface area (Å²) >= 11 is 5.67. The third-order valence-electron chi connectivity index (χ3n) is 6.18. The average Bonchev–Trinajstić information content (AvgIpc) is 3.33. The zero-order chi connectivity index (χ0) is 29.9. The maximum absolute atomic E-state index is 15.1. The Labute approximate surface area is 238 Å². The van der Waals surface area contributed by atoms with Gasteiger partial charge in [-0.3, -0.25) is 5.01 Å². The number of benzene rings is 2. The van der Waals surface area contributed by atoms with Crippen molar-refractivity contribution < 1.29 is 23.4 Å². The van der Waals surface area contributed by atoms with Gasteiger partial charge < -0.3 is 15.2 Å². The van der Waals surface area contributed by atoms with Crippen LogP contribution in [0.4, 0.5) is 19.3 Å². The summed E-state index contributed by atoms with van der Waals surface area (Å²) in [5.41, 5.74) is 1.08. The number of hydrazine groups is 1. The minimum Gasteiger partial charge on any atom is -0.443 e. The number of carbonyl (C=O) groups excluding carboxylic acids is 1. The highest BCUT2D eigenvalue weighted by atomic mass is 32.1. The number of hydrogen-bond acceptors (Lipinski definition) is 6. The molecule has 12 heteroatoms. The van der Waals surface area contributed by atoms with Gasteiger partial charge in [-0.25, -0.2) is 28.7 Å². The molecule has 0 aliphatic rings. The Hall–Kier alpha value is -3.64. The number of aliphatic hydroxyl groups is 1. The molecule has 3 N–H and O–H groups in total. The van der Waals surface area contributed by atoms with Crippen LogP contribution < -0.4 is 10.7 Å². The molecule has 2 aromatic carbocycles. The summed E-state index contributed by atoms with van der Waals surface area (Å²) in [6.45, 7) is 12.6. The van der Waals surface area contributed by atoms with Crippen LogP contribution in [0.1, 0.15) is 59.6 Å². The summed E-state index contributed by atoms with van der Waals surface area (Å²) in [5.74, 6) is -1.79. The molecule has 0 saturated carbocycles. The van der Waals surface area contributed by atoms with Crippen LogP contribution in [0.25, 0.3) is 0 Å². The fourth-order valence-electron chi connectivity index (χ4n) is 4.02. The first kappa shape index (κ1) is 30.9. The fraction of sp³-hybridized carbons (Fsp3) is 0.429. The quantitative estimate of drug-likeness (QED) is 0.270. The average molecular weight is 575 g/mol. The van der Waals surface area contributed by atoms with Crippen LogP contribution in [0, 0.1) is 11.6 Å². The zero-order valence-electron chi connectivity index (χ0n) is 23.7. The molecule has 1 amide bonds. The van der Waals surface area contributed by atoms with E-state index in [4.69, 9.17) is 17.0 Å². The second-order valence-corrected chi connectivity index (χ2v) is 11.9. The van der Waals surface area contributed by atoms with Crippen molar-refractivity contribution in [3.05, 3.63) is 77.9 Å². The highest BCUT2D eigenvalue weighted by Crippen LogP contribution is 2.33. The molecule has 3 aromatic rings. The summed E-state index contributed by atoms with van der Waals surface area (Å²) in [7, 11) is 0. The minimum atomic E-state index is -2.09. The van der Waals surface area contributed by atoms with Gasteiger partial charge >= 0.3 is 6.09 Å². The standard InChI is InChI=1S/C28H36F2N6O3S/c1-18(28(38,15-35-17-31-16-32-35)22-13-10-20(29)14-23(22)30)36(34-25(37)39-27(5,6)7)24(40)33-21-11-8-19(9-12-21)26(2,3)4/h8-14,16-18,38H,15H2,1-7H3,(H,33,40)(H,34,37)/t18-,28-/m1/s1. The Bertz CT molecular complexity index is 1320. The predicted molar refractivity (Wildman–Crippen MR) is 152 cm³/mol. The number of aromatic nitrogens is 3. The summed E-state index contributed by atoms with van der Waals surface area (Å²) in [6.07, 6.45) is 1.75. The minimum absolute atomic E-state index is 0.0126. The van der Waals surface area contributed by atoms with E-state index in [0.29, 0.717) is 11.8 Å². The number of ether oxygens (including phenoxy) is 1. The second-order valence-electron chi connectivity index (χ2n) is 11.6. The number of thiocarbonyl (C=S) groups is 1. The maximum Gasteiger partial charge on any atom is 0.426 e. The number of amides is 1. The molecular formula is C28H36F2N6O3S. The van der Waals surface area contributed by atoms with E-state index in [9.17, 15) is 14.3 Å². The van der Waals surface area contributed by atoms with Gasteiger partial charge in [-0.05, 0) is 69.1 Å². The SMILES string of the molecule is C[C@@H](N(NC(=O)OC(C)(C)C)C(=S)Nc1ccc(C(C)(C)C)cc1)[C@](O)(Cn1cncn1)c1ccc(F)cc1F. The first-order valence-electron chi connectivity index (χ1n) is 12.7. The molecule has 0 aliphatic carbocycles. The third kappa shape index (κ3) is 7.72. The van der Waals surface area contributed by atoms with E-state index in [1.165, 1.54) is 29.3 Å². The largest absolute Gasteiger partial charge is 0.443 e. The Morgan fingerprint density at radius 3 is 2.30 bits per heavy atom. The highest BCUT2D eigenvalue weighted by Gasteiger charge is 2.44. The summed E-state index contributed by atoms with van der Waals surface area (Å²) < 4.78 is 35.7. The second kappa shape index (κ2) is 11.8. The molecule has 0 radical (unpaired) electrons. The van der Waals surface area contributed by atoms with Gasteiger partial charge in [0, 0.05) is 17.3 Å². The van der Waals surface area contributed by atoms with Crippen LogP contribution in [-0.4, -0.2) is 47.7 Å². The van der Waals surface area contributed by atoms with Crippen molar-refractivity contribution in [3.63, 3.8) is 0 Å². The van der Waals surface area contributed by atoms with Crippen LogP contribution >= 0.6 is 12.2 Å². The molecule has 2 atom stereocenters. The van der Waals surface area contributed by atoms with Gasteiger partial charge in [-0.1, -0.05) is 39.0 Å². The molecular weight excluding hydrogens is 538 g/mol. The highest BCUT2D eigenvalue weighted by molar-refractivity contribution is 7.80. The molecule has 0 bridgehead atoms. The number of nitrogens with one attached hydrogen (secondary N) is 2. The van der Waals surface area contributed by atoms with E-state index in [2.05, 4.69) is 41.6 Å². The monoisotopic (exact) mass is 574 g/mol. The lowest BCUT2D eigenvalue weighted by Crippen LogP contribution is -2.61. The van der Waals surface area contributed by atoms with Crippen molar-refractivity contribution in [2.24, 2.45) is 0 Å². The van der Waals surface area contributed by atoms with E-state index in [0.717, 1.165) is 17.7 Å². The normalized spacial score (nSPS) is 14.2. The lowest BCUT2D eigenvalue weighted by molar-refractivity contribution is -0.0574. The van der Waals surface area contributed by atoms with Crippen LogP contribution in [-0.2, 0) is 22.3 Å². The molecule has 40 heavy (non-hydrogen) atoms. The zero-order valence-corrected chi connectivity index (χ0v) is 24.5. The smallest absolute Gasteiger partial charge is 0.426 e. The van der Waals surface area contributed by atoms with Gasteiger partial charge in [0.15, 0.2) is 5.11 Å². The number of rotatable bonds is 6. The Balaban J connectivity index is 2.03. The van der Waals surface area contributed by atoms with E-state index in [1.54, 1.807) is 20.8 Å². The molecule has 0 unspecified atom stereocenters. The van der Waals surface area contributed by atoms with E-state index < -0.39 is 35.0 Å². The number of halogens is 2. The van der Waals surface area contributed by atoms with E-state index in [1.807, 2.05) is 24.3 Å². The first-order chi connectivity index (χ1) is 18.5. The van der Waals surface area contributed by atoms with Gasteiger partial charge in [0.1, 0.15) is 35.5 Å². The van der Waals surface area contributed by atoms with E-state index in [-0.39, 0.29) is 22.6 Å². The number of nitrogens with zero attached hydrogens (tertiary/aromatic N) is 4. The molecule has 9 nitrogen and oxygen atoms in total. The van der Waals surface area contributed by atoms with Crippen molar-refractivity contribution in [2.75, 3.05) is 5.32 Å². The summed E-state index contributed by atoms with van der Waals surface area (Å²) in [4.78, 5) is 16.8. The first-order valence-corrected chi connectivity index (χ1v) is 13.1. The van der Waals surface area contributed by atoms with Crippen LogP contribution in [0.3, 0.4) is 0 Å². The maximum atomic E-state index is 15.1. The van der Waals surface area contributed by atoms with Crippen molar-refractivity contribution in [1.29, 1.82) is 0 Å². The van der Waals surface area contributed by atoms with E-state index >= 15 is 4.39 Å². The van der Waals surface area contributed by atoms with Crippen LogP contribution in [0.2, 0.25) is 0 Å². The Morgan fingerprint density at radius 1 is 1.12 bits per heavy atom. The van der Waals surface area contributed by atoms with Gasteiger partial charge in [0.05, 0.1) is 12.6 Å². The molecule has 0 aliphatic heterocycles. The van der Waals surface area contributed by atoms with Gasteiger partial charge in [-0.15, -0.1) is 0 Å². The van der Waals surface area contributed by atoms with Crippen molar-refractivity contribution >= 4 is 29.1 Å². The molecule has 1 heterocycles. The molecule has 0 saturated heterocycles. The lowest BCUT2D eigenvalue weighted by atomic mass is 9.86. The topological polar surface area (TPSA) is 105 Å². The molecule has 216 valence electrons. The number of anilines is 1. The molecule has 3 rings (SSSR count). The van der Waals surface area contributed by atoms with Crippen LogP contribution in [0.15, 0.2) is 55.1 Å². The van der Waals surface area contributed by atoms with Crippen molar-refractivity contribution in [1.82, 2.24) is 25.2 Å². The predicted octanol–water partition coefficient (Wildman–Crippen LogP) is 5.27. The molecule has 1 aromatic heterocycles. The fourth-order valence-corrected chi connectivity index (χ4v) is 4.34. The third-order valence-corrected chi connectivity index (χ3v) is 6.48. The van der Waals surface area contributed by atoms with Gasteiger partial charge in [-0.2, -0.15) is 5.10 Å². The Kier molecular flexibility index (Phi) is 9.15. The lowest BCUT2D eigenvalue weighted by Gasteiger charge is -2.42. The number of hydrogen-bond donors (Lipinski definition) is 3. The van der Waals surface area contributed by atoms with Crippen molar-refractivity contribution in [2.45, 2.75) is 77.7 Å². The van der Waals surface area contributed by atoms with Crippen molar-refractivity contribution in [3.8, 4) is 0 Å². The summed E-state index contributed by atoms with van der Waals surface area (Å²) in [6, 6.07) is 9.30. The molecule has 0 fully saturated rings. The molecule has 0 spiro atoms. The summed E-state index contributed by atoms with van der Waals surface area (Å²) in [5, 5.41) is 20.3. The van der Waals surface area contributed by atoms with Crippen LogP contribution in [0.5, 0.6) is 0 Å². The van der Waals surface area contributed by atoms with Gasteiger partial charge in [0.2, 0.25) is 0 Å².